The SMILES string of the molecule is CCN(C/C=C/C#CC(C)(C)C)Cc1cccc(OCCN(C)S(=O)(=O)c2ccc(-c3ccsc3)s2)c1. The largest absolute Gasteiger partial charge is 0.492 e. The molecule has 0 saturated heterocycles. The number of sulfonamides is 1. The summed E-state index contributed by atoms with van der Waals surface area (Å²) in [5.74, 6) is 7.06. The third-order valence-electron chi connectivity index (χ3n) is 5.49. The van der Waals surface area contributed by atoms with Crippen molar-refractivity contribution in [3.63, 3.8) is 0 Å². The summed E-state index contributed by atoms with van der Waals surface area (Å²) in [6.45, 7) is 11.5. The van der Waals surface area contributed by atoms with Crippen molar-refractivity contribution in [2.24, 2.45) is 5.41 Å². The Balaban J connectivity index is 1.51. The standard InChI is InChI=1S/C29H36N2O3S3/c1-6-31(17-9-7-8-16-29(2,3)4)22-24-11-10-12-26(21-24)34-19-18-30(5)37(32,33)28-14-13-27(36-28)25-15-20-35-23-25/h7,9-15,20-21,23H,6,17-19,22H2,1-5H3/b9-7+. The number of ether oxygens (including phenoxy) is 1. The van der Waals surface area contributed by atoms with Gasteiger partial charge in [0.25, 0.3) is 10.0 Å². The van der Waals surface area contributed by atoms with Crippen LogP contribution in [0.3, 0.4) is 0 Å². The second kappa shape index (κ2) is 13.4. The van der Waals surface area contributed by atoms with E-state index < -0.39 is 10.0 Å². The van der Waals surface area contributed by atoms with Gasteiger partial charge in [-0.05, 0) is 80.0 Å². The molecule has 0 unspecified atom stereocenters. The maximum atomic E-state index is 13.0. The summed E-state index contributed by atoms with van der Waals surface area (Å²) in [7, 11) is -1.97. The molecule has 0 saturated carbocycles. The molecule has 2 aromatic heterocycles. The van der Waals surface area contributed by atoms with Crippen LogP contribution in [0.2, 0.25) is 0 Å². The Morgan fingerprint density at radius 1 is 1.14 bits per heavy atom. The molecule has 0 aliphatic rings. The van der Waals surface area contributed by atoms with Gasteiger partial charge >= 0.3 is 0 Å². The molecule has 3 rings (SSSR count). The first-order valence-electron chi connectivity index (χ1n) is 12.3. The molecule has 2 heterocycles. The molecule has 0 radical (unpaired) electrons. The van der Waals surface area contributed by atoms with Crippen LogP contribution >= 0.6 is 22.7 Å². The zero-order valence-corrected chi connectivity index (χ0v) is 24.7. The van der Waals surface area contributed by atoms with Gasteiger partial charge in [0, 0.05) is 42.5 Å². The molecule has 37 heavy (non-hydrogen) atoms. The molecule has 0 atom stereocenters. The molecule has 3 aromatic rings. The molecule has 0 bridgehead atoms. The minimum Gasteiger partial charge on any atom is -0.492 e. The van der Waals surface area contributed by atoms with Crippen molar-refractivity contribution in [1.82, 2.24) is 9.21 Å². The second-order valence-electron chi connectivity index (χ2n) is 9.70. The molecular formula is C29H36N2O3S3. The molecule has 0 aliphatic heterocycles. The van der Waals surface area contributed by atoms with Gasteiger partial charge in [0.1, 0.15) is 16.6 Å². The van der Waals surface area contributed by atoms with E-state index in [1.54, 1.807) is 24.5 Å². The van der Waals surface area contributed by atoms with E-state index in [9.17, 15) is 8.42 Å². The highest BCUT2D eigenvalue weighted by Gasteiger charge is 2.23. The molecule has 0 amide bonds. The fourth-order valence-corrected chi connectivity index (χ4v) is 6.80. The van der Waals surface area contributed by atoms with Crippen molar-refractivity contribution in [2.75, 3.05) is 33.3 Å². The van der Waals surface area contributed by atoms with Crippen molar-refractivity contribution in [3.8, 4) is 28.0 Å². The van der Waals surface area contributed by atoms with Gasteiger partial charge in [0.15, 0.2) is 0 Å². The average molecular weight is 557 g/mol. The Morgan fingerprint density at radius 2 is 1.95 bits per heavy atom. The number of rotatable bonds is 12. The molecule has 0 fully saturated rings. The fourth-order valence-electron chi connectivity index (χ4n) is 3.40. The Hall–Kier alpha value is -2.41. The highest BCUT2D eigenvalue weighted by molar-refractivity contribution is 7.91. The van der Waals surface area contributed by atoms with Crippen LogP contribution in [0, 0.1) is 17.3 Å². The van der Waals surface area contributed by atoms with Crippen LogP contribution in [0.15, 0.2) is 69.6 Å². The van der Waals surface area contributed by atoms with E-state index in [4.69, 9.17) is 4.74 Å². The number of thiophene rings is 2. The minimum atomic E-state index is -3.56. The lowest BCUT2D eigenvalue weighted by Crippen LogP contribution is -2.30. The maximum Gasteiger partial charge on any atom is 0.252 e. The van der Waals surface area contributed by atoms with Gasteiger partial charge in [-0.1, -0.05) is 37.0 Å². The minimum absolute atomic E-state index is 0.00580. The number of likely N-dealkylation sites (N-methyl/N-ethyl adjacent to an activating group) is 2. The summed E-state index contributed by atoms with van der Waals surface area (Å²) in [5, 5.41) is 4.01. The quantitative estimate of drug-likeness (QED) is 0.236. The summed E-state index contributed by atoms with van der Waals surface area (Å²) >= 11 is 2.89. The van der Waals surface area contributed by atoms with Crippen LogP contribution in [-0.4, -0.2) is 50.9 Å². The third kappa shape index (κ3) is 9.13. The van der Waals surface area contributed by atoms with Crippen LogP contribution in [0.4, 0.5) is 0 Å². The lowest BCUT2D eigenvalue weighted by molar-refractivity contribution is 0.284. The van der Waals surface area contributed by atoms with E-state index >= 15 is 0 Å². The van der Waals surface area contributed by atoms with Gasteiger partial charge in [-0.3, -0.25) is 4.90 Å². The highest BCUT2D eigenvalue weighted by atomic mass is 32.2. The Morgan fingerprint density at radius 3 is 2.65 bits per heavy atom. The van der Waals surface area contributed by atoms with Crippen molar-refractivity contribution >= 4 is 32.7 Å². The zero-order chi connectivity index (χ0) is 26.9. The number of nitrogens with zero attached hydrogens (tertiary/aromatic N) is 2. The fraction of sp³-hybridized carbons (Fsp3) is 0.379. The summed E-state index contributed by atoms with van der Waals surface area (Å²) in [6, 6.07) is 13.5. The number of hydrogen-bond acceptors (Lipinski definition) is 6. The van der Waals surface area contributed by atoms with E-state index in [0.717, 1.165) is 41.4 Å². The molecule has 8 heteroatoms. The van der Waals surface area contributed by atoms with E-state index in [0.29, 0.717) is 4.21 Å². The van der Waals surface area contributed by atoms with Gasteiger partial charge in [0.2, 0.25) is 0 Å². The lowest BCUT2D eigenvalue weighted by Gasteiger charge is -2.19. The van der Waals surface area contributed by atoms with Crippen molar-refractivity contribution in [1.29, 1.82) is 0 Å². The zero-order valence-electron chi connectivity index (χ0n) is 22.2. The first-order chi connectivity index (χ1) is 17.6. The Labute approximate surface area is 230 Å². The molecule has 0 N–H and O–H groups in total. The summed E-state index contributed by atoms with van der Waals surface area (Å²) in [4.78, 5) is 3.27. The average Bonchev–Trinajstić information content (AvgIpc) is 3.55. The molecule has 0 spiro atoms. The van der Waals surface area contributed by atoms with Crippen molar-refractivity contribution in [3.05, 3.63) is 70.9 Å². The normalized spacial score (nSPS) is 12.3. The van der Waals surface area contributed by atoms with Crippen LogP contribution in [0.5, 0.6) is 5.75 Å². The first-order valence-corrected chi connectivity index (χ1v) is 15.5. The summed E-state index contributed by atoms with van der Waals surface area (Å²) in [5.41, 5.74) is 2.20. The van der Waals surface area contributed by atoms with Crippen molar-refractivity contribution < 1.29 is 13.2 Å². The Bertz CT molecular complexity index is 1320. The molecule has 0 aliphatic carbocycles. The second-order valence-corrected chi connectivity index (χ2v) is 13.8. The van der Waals surface area contributed by atoms with E-state index in [-0.39, 0.29) is 18.6 Å². The number of hydrogen-bond donors (Lipinski definition) is 0. The molecule has 5 nitrogen and oxygen atoms in total. The molecule has 198 valence electrons. The van der Waals surface area contributed by atoms with Gasteiger partial charge in [-0.25, -0.2) is 8.42 Å². The topological polar surface area (TPSA) is 49.9 Å². The van der Waals surface area contributed by atoms with E-state index in [2.05, 4.69) is 56.6 Å². The van der Waals surface area contributed by atoms with Gasteiger partial charge in [-0.15, -0.1) is 11.3 Å². The third-order valence-corrected chi connectivity index (χ3v) is 9.63. The number of benzene rings is 1. The monoisotopic (exact) mass is 556 g/mol. The van der Waals surface area contributed by atoms with Crippen LogP contribution in [0.25, 0.3) is 10.4 Å². The highest BCUT2D eigenvalue weighted by Crippen LogP contribution is 2.33. The molecular weight excluding hydrogens is 521 g/mol. The summed E-state index contributed by atoms with van der Waals surface area (Å²) in [6.07, 6.45) is 4.02. The van der Waals surface area contributed by atoms with Crippen LogP contribution < -0.4 is 4.74 Å². The van der Waals surface area contributed by atoms with Crippen LogP contribution in [0.1, 0.15) is 33.3 Å². The van der Waals surface area contributed by atoms with Crippen LogP contribution in [-0.2, 0) is 16.6 Å². The smallest absolute Gasteiger partial charge is 0.252 e. The molecule has 1 aromatic carbocycles. The maximum absolute atomic E-state index is 13.0. The van der Waals surface area contributed by atoms with E-state index in [1.807, 2.05) is 47.2 Å². The predicted molar refractivity (Wildman–Crippen MR) is 157 cm³/mol. The summed E-state index contributed by atoms with van der Waals surface area (Å²) < 4.78 is 33.6. The van der Waals surface area contributed by atoms with Gasteiger partial charge < -0.3 is 4.74 Å². The number of allylic oxidation sites excluding steroid dienone is 1. The lowest BCUT2D eigenvalue weighted by atomic mass is 9.98. The van der Waals surface area contributed by atoms with Gasteiger partial charge in [-0.2, -0.15) is 15.6 Å². The van der Waals surface area contributed by atoms with E-state index in [1.165, 1.54) is 15.6 Å². The predicted octanol–water partition coefficient (Wildman–Crippen LogP) is 6.60. The van der Waals surface area contributed by atoms with Crippen molar-refractivity contribution in [2.45, 2.75) is 38.4 Å². The van der Waals surface area contributed by atoms with Gasteiger partial charge in [0.05, 0.1) is 0 Å². The first kappa shape index (κ1) is 29.2. The Kier molecular flexibility index (Phi) is 10.6.